The molecule has 0 aromatic carbocycles. The molecule has 0 atom stereocenters. The fraction of sp³-hybridized carbons (Fsp3) is 0.333. The van der Waals surface area contributed by atoms with Crippen LogP contribution < -0.4 is 0 Å². The molecule has 86 valence electrons. The molecule has 0 amide bonds. The highest BCUT2D eigenvalue weighted by atomic mass is 16.5. The summed E-state index contributed by atoms with van der Waals surface area (Å²) in [6, 6.07) is 5.33. The van der Waals surface area contributed by atoms with E-state index in [2.05, 4.69) is 4.98 Å². The third-order valence-electron chi connectivity index (χ3n) is 1.80. The maximum atomic E-state index is 11.6. The number of rotatable bonds is 5. The first-order chi connectivity index (χ1) is 7.79. The predicted molar refractivity (Wildman–Crippen MR) is 60.5 cm³/mol. The van der Waals surface area contributed by atoms with Gasteiger partial charge in [0.05, 0.1) is 25.2 Å². The van der Waals surface area contributed by atoms with E-state index in [4.69, 9.17) is 9.47 Å². The summed E-state index contributed by atoms with van der Waals surface area (Å²) >= 11 is 0. The average Bonchev–Trinajstić information content (AvgIpc) is 2.31. The lowest BCUT2D eigenvalue weighted by Crippen LogP contribution is -2.08. The van der Waals surface area contributed by atoms with E-state index in [1.165, 1.54) is 6.26 Å². The molecule has 0 radical (unpaired) electrons. The summed E-state index contributed by atoms with van der Waals surface area (Å²) in [6.07, 6.45) is 3.01. The van der Waals surface area contributed by atoms with Crippen LogP contribution in [-0.2, 0) is 14.3 Å². The highest BCUT2D eigenvalue weighted by Gasteiger charge is 2.14. The van der Waals surface area contributed by atoms with E-state index >= 15 is 0 Å². The Bertz CT molecular complexity index is 360. The quantitative estimate of drug-likeness (QED) is 0.433. The van der Waals surface area contributed by atoms with E-state index in [9.17, 15) is 4.79 Å². The van der Waals surface area contributed by atoms with Gasteiger partial charge in [0.1, 0.15) is 5.57 Å². The zero-order valence-corrected chi connectivity index (χ0v) is 9.47. The van der Waals surface area contributed by atoms with Gasteiger partial charge in [-0.3, -0.25) is 4.98 Å². The summed E-state index contributed by atoms with van der Waals surface area (Å²) in [5, 5.41) is 0. The molecular formula is C12H15NO3. The van der Waals surface area contributed by atoms with Gasteiger partial charge in [0, 0.05) is 6.20 Å². The van der Waals surface area contributed by atoms with Crippen molar-refractivity contribution in [2.75, 3.05) is 13.2 Å². The number of hydrogen-bond donors (Lipinski definition) is 0. The van der Waals surface area contributed by atoms with Crippen LogP contribution >= 0.6 is 0 Å². The first kappa shape index (κ1) is 12.2. The second-order valence-electron chi connectivity index (χ2n) is 2.92. The summed E-state index contributed by atoms with van der Waals surface area (Å²) < 4.78 is 10.0. The largest absolute Gasteiger partial charge is 0.501 e. The number of aromatic nitrogens is 1. The van der Waals surface area contributed by atoms with E-state index in [0.29, 0.717) is 24.5 Å². The molecule has 0 spiro atoms. The van der Waals surface area contributed by atoms with E-state index in [1.807, 2.05) is 6.92 Å². The number of ether oxygens (including phenoxy) is 2. The topological polar surface area (TPSA) is 48.4 Å². The van der Waals surface area contributed by atoms with Gasteiger partial charge in [-0.25, -0.2) is 4.79 Å². The minimum absolute atomic E-state index is 0.329. The van der Waals surface area contributed by atoms with Crippen LogP contribution in [0.2, 0.25) is 0 Å². The van der Waals surface area contributed by atoms with E-state index in [-0.39, 0.29) is 0 Å². The summed E-state index contributed by atoms with van der Waals surface area (Å²) in [5.74, 6) is -0.422. The first-order valence-corrected chi connectivity index (χ1v) is 5.19. The fourth-order valence-electron chi connectivity index (χ4n) is 1.11. The summed E-state index contributed by atoms with van der Waals surface area (Å²) in [5.41, 5.74) is 0.888. The number of pyridine rings is 1. The van der Waals surface area contributed by atoms with Gasteiger partial charge in [-0.15, -0.1) is 0 Å². The fourth-order valence-corrected chi connectivity index (χ4v) is 1.11. The van der Waals surface area contributed by atoms with Crippen LogP contribution in [0.3, 0.4) is 0 Å². The predicted octanol–water partition coefficient (Wildman–Crippen LogP) is 2.02. The van der Waals surface area contributed by atoms with Gasteiger partial charge in [-0.05, 0) is 26.0 Å². The summed E-state index contributed by atoms with van der Waals surface area (Å²) in [4.78, 5) is 15.7. The first-order valence-electron chi connectivity index (χ1n) is 5.19. The molecule has 4 heteroatoms. The second kappa shape index (κ2) is 6.61. The molecule has 0 bridgehead atoms. The van der Waals surface area contributed by atoms with Crippen molar-refractivity contribution >= 4 is 11.5 Å². The Morgan fingerprint density at radius 2 is 2.19 bits per heavy atom. The van der Waals surface area contributed by atoms with Crippen molar-refractivity contribution < 1.29 is 14.3 Å². The highest BCUT2D eigenvalue weighted by Crippen LogP contribution is 2.13. The van der Waals surface area contributed by atoms with Crippen molar-refractivity contribution in [3.63, 3.8) is 0 Å². The normalized spacial score (nSPS) is 11.0. The van der Waals surface area contributed by atoms with Crippen molar-refractivity contribution in [3.05, 3.63) is 36.4 Å². The maximum absolute atomic E-state index is 11.6. The molecule has 0 saturated carbocycles. The van der Waals surface area contributed by atoms with Gasteiger partial charge in [0.2, 0.25) is 0 Å². The third kappa shape index (κ3) is 3.38. The number of hydrogen-bond acceptors (Lipinski definition) is 4. The lowest BCUT2D eigenvalue weighted by molar-refractivity contribution is -0.136. The summed E-state index contributed by atoms with van der Waals surface area (Å²) in [7, 11) is 0. The van der Waals surface area contributed by atoms with Crippen molar-refractivity contribution in [3.8, 4) is 0 Å². The minimum atomic E-state index is -0.422. The van der Waals surface area contributed by atoms with Crippen LogP contribution in [0.1, 0.15) is 19.5 Å². The molecule has 0 saturated heterocycles. The van der Waals surface area contributed by atoms with Crippen molar-refractivity contribution in [2.45, 2.75) is 13.8 Å². The van der Waals surface area contributed by atoms with E-state index in [1.54, 1.807) is 31.3 Å². The van der Waals surface area contributed by atoms with Gasteiger partial charge in [-0.1, -0.05) is 6.07 Å². The lowest BCUT2D eigenvalue weighted by Gasteiger charge is -2.06. The van der Waals surface area contributed by atoms with Crippen LogP contribution in [-0.4, -0.2) is 24.2 Å². The molecule has 4 nitrogen and oxygen atoms in total. The Hall–Kier alpha value is -1.84. The Morgan fingerprint density at radius 1 is 1.38 bits per heavy atom. The van der Waals surface area contributed by atoms with Crippen LogP contribution in [0, 0.1) is 0 Å². The van der Waals surface area contributed by atoms with Crippen molar-refractivity contribution in [1.82, 2.24) is 4.98 Å². The molecule has 0 unspecified atom stereocenters. The highest BCUT2D eigenvalue weighted by molar-refractivity contribution is 6.15. The van der Waals surface area contributed by atoms with Gasteiger partial charge in [0.15, 0.2) is 0 Å². The number of esters is 1. The van der Waals surface area contributed by atoms with E-state index in [0.717, 1.165) is 0 Å². The third-order valence-corrected chi connectivity index (χ3v) is 1.80. The molecule has 16 heavy (non-hydrogen) atoms. The molecule has 0 aliphatic heterocycles. The second-order valence-corrected chi connectivity index (χ2v) is 2.92. The Labute approximate surface area is 94.9 Å². The SMILES string of the molecule is CCOC=C(C(=O)OCC)c1ccccn1. The minimum Gasteiger partial charge on any atom is -0.501 e. The zero-order chi connectivity index (χ0) is 11.8. The molecule has 0 aliphatic rings. The van der Waals surface area contributed by atoms with Gasteiger partial charge in [-0.2, -0.15) is 0 Å². The molecule has 0 aliphatic carbocycles. The number of carbonyl (C=O) groups excluding carboxylic acids is 1. The van der Waals surface area contributed by atoms with Crippen LogP contribution in [0.15, 0.2) is 30.7 Å². The molecule has 1 rings (SSSR count). The zero-order valence-electron chi connectivity index (χ0n) is 9.47. The summed E-state index contributed by atoms with van der Waals surface area (Å²) in [6.45, 7) is 4.43. The Kier molecular flexibility index (Phi) is 5.05. The van der Waals surface area contributed by atoms with Crippen LogP contribution in [0.5, 0.6) is 0 Å². The standard InChI is InChI=1S/C12H15NO3/c1-3-15-9-10(12(14)16-4-2)11-7-5-6-8-13-11/h5-9H,3-4H2,1-2H3. The van der Waals surface area contributed by atoms with E-state index < -0.39 is 5.97 Å². The molecule has 1 aromatic heterocycles. The maximum Gasteiger partial charge on any atom is 0.343 e. The number of nitrogens with zero attached hydrogens (tertiary/aromatic N) is 1. The van der Waals surface area contributed by atoms with Gasteiger partial charge in [0.25, 0.3) is 0 Å². The molecule has 0 N–H and O–H groups in total. The van der Waals surface area contributed by atoms with Gasteiger partial charge < -0.3 is 9.47 Å². The number of carbonyl (C=O) groups is 1. The molecule has 0 fully saturated rings. The van der Waals surface area contributed by atoms with Gasteiger partial charge >= 0.3 is 5.97 Å². The van der Waals surface area contributed by atoms with Crippen LogP contribution in [0.25, 0.3) is 5.57 Å². The lowest BCUT2D eigenvalue weighted by atomic mass is 10.2. The molecule has 1 heterocycles. The molecule has 1 aromatic rings. The molecular weight excluding hydrogens is 206 g/mol. The Balaban J connectivity index is 2.92. The van der Waals surface area contributed by atoms with Crippen molar-refractivity contribution in [1.29, 1.82) is 0 Å². The van der Waals surface area contributed by atoms with Crippen LogP contribution in [0.4, 0.5) is 0 Å². The average molecular weight is 221 g/mol. The monoisotopic (exact) mass is 221 g/mol. The van der Waals surface area contributed by atoms with Crippen molar-refractivity contribution in [2.24, 2.45) is 0 Å². The Morgan fingerprint density at radius 3 is 2.75 bits per heavy atom. The smallest absolute Gasteiger partial charge is 0.343 e.